The van der Waals surface area contributed by atoms with E-state index in [-0.39, 0.29) is 27.3 Å². The highest BCUT2D eigenvalue weighted by Gasteiger charge is 2.23. The van der Waals surface area contributed by atoms with E-state index in [1.165, 1.54) is 18.2 Å². The zero-order valence-corrected chi connectivity index (χ0v) is 20.5. The third-order valence-corrected chi connectivity index (χ3v) is 7.31. The molecule has 10 heteroatoms. The van der Waals surface area contributed by atoms with Gasteiger partial charge in [0.2, 0.25) is 0 Å². The maximum absolute atomic E-state index is 12.4. The zero-order chi connectivity index (χ0) is 24.3. The molecule has 0 amide bonds. The monoisotopic (exact) mass is 517 g/mol. The molecular weight excluding hydrogens is 497 g/mol. The second-order valence-corrected chi connectivity index (χ2v) is 10.3. The maximum Gasteiger partial charge on any atom is 0.271 e. The Bertz CT molecular complexity index is 1340. The normalized spacial score (nSPS) is 16.2. The first-order valence-corrected chi connectivity index (χ1v) is 12.6. The molecule has 1 fully saturated rings. The van der Waals surface area contributed by atoms with Crippen LogP contribution in [0.5, 0.6) is 11.5 Å². The van der Waals surface area contributed by atoms with E-state index in [4.69, 9.17) is 32.8 Å². The van der Waals surface area contributed by atoms with E-state index in [2.05, 4.69) is 4.90 Å². The van der Waals surface area contributed by atoms with E-state index in [1.54, 1.807) is 42.5 Å². The summed E-state index contributed by atoms with van der Waals surface area (Å²) in [5, 5.41) is 10.3. The summed E-state index contributed by atoms with van der Waals surface area (Å²) < 4.78 is 31.0. The summed E-state index contributed by atoms with van der Waals surface area (Å²) in [4.78, 5) is 9.51. The molecule has 34 heavy (non-hydrogen) atoms. The van der Waals surface area contributed by atoms with E-state index < -0.39 is 10.0 Å². The number of rotatable bonds is 7. The van der Waals surface area contributed by atoms with Crippen molar-refractivity contribution in [1.82, 2.24) is 9.79 Å². The van der Waals surface area contributed by atoms with Gasteiger partial charge >= 0.3 is 0 Å². The van der Waals surface area contributed by atoms with Gasteiger partial charge in [0.05, 0.1) is 14.9 Å². The molecule has 0 radical (unpaired) electrons. The molecule has 3 aromatic rings. The van der Waals surface area contributed by atoms with Crippen LogP contribution in [0.25, 0.3) is 11.1 Å². The summed E-state index contributed by atoms with van der Waals surface area (Å²) in [6.45, 7) is 1.76. The molecule has 0 spiro atoms. The Hall–Kier alpha value is -2.80. The van der Waals surface area contributed by atoms with E-state index in [1.807, 2.05) is 18.0 Å². The van der Waals surface area contributed by atoms with Crippen LogP contribution in [-0.2, 0) is 10.0 Å². The molecule has 0 aliphatic carbocycles. The summed E-state index contributed by atoms with van der Waals surface area (Å²) in [5.41, 5.74) is 1.25. The van der Waals surface area contributed by atoms with Crippen LogP contribution in [0.4, 0.5) is 0 Å². The third kappa shape index (κ3) is 5.30. The van der Waals surface area contributed by atoms with Crippen molar-refractivity contribution in [1.29, 1.82) is 5.26 Å². The lowest BCUT2D eigenvalue weighted by Crippen LogP contribution is -2.27. The first kappa shape index (κ1) is 24.3. The minimum atomic E-state index is -3.94. The molecule has 3 aromatic carbocycles. The summed E-state index contributed by atoms with van der Waals surface area (Å²) >= 11 is 12.9. The number of benzene rings is 3. The summed E-state index contributed by atoms with van der Waals surface area (Å²) in [7, 11) is -1.91. The van der Waals surface area contributed by atoms with Crippen LogP contribution < -0.4 is 14.5 Å². The Balaban J connectivity index is 1.59. The molecule has 4 rings (SSSR count). The number of sulfonamides is 1. The average Bonchev–Trinajstić information content (AvgIpc) is 3.24. The lowest BCUT2D eigenvalue weighted by Gasteiger charge is -2.17. The van der Waals surface area contributed by atoms with Crippen LogP contribution in [0.3, 0.4) is 0 Å². The number of likely N-dealkylation sites (tertiary alicyclic amines) is 1. The molecule has 7 nitrogen and oxygen atoms in total. The molecule has 1 saturated heterocycles. The van der Waals surface area contributed by atoms with Crippen molar-refractivity contribution in [3.05, 3.63) is 76.3 Å². The van der Waals surface area contributed by atoms with Gasteiger partial charge in [-0.2, -0.15) is 5.26 Å². The number of halogens is 2. The average molecular weight is 518 g/mol. The molecular formula is C24H21Cl2N3O4S. The van der Waals surface area contributed by atoms with Gasteiger partial charge in [-0.05, 0) is 60.3 Å². The second kappa shape index (κ2) is 10.2. The second-order valence-electron chi connectivity index (χ2n) is 7.85. The highest BCUT2D eigenvalue weighted by Crippen LogP contribution is 2.39. The SMILES string of the molecule is CN1CC[C@H](Oc2cc(-c3ccc(ONS(=O)(=O)c4ccccc4)c(C#N)c3Cl)ccc2Cl)C1. The molecule has 0 saturated carbocycles. The molecule has 1 aliphatic rings. The van der Waals surface area contributed by atoms with Crippen LogP contribution in [0, 0.1) is 11.3 Å². The number of ether oxygens (including phenoxy) is 1. The van der Waals surface area contributed by atoms with Gasteiger partial charge in [-0.1, -0.05) is 47.5 Å². The molecule has 1 atom stereocenters. The summed E-state index contributed by atoms with van der Waals surface area (Å²) in [6, 6.07) is 18.1. The largest absolute Gasteiger partial charge is 0.487 e. The van der Waals surface area contributed by atoms with Gasteiger partial charge in [0.1, 0.15) is 23.5 Å². The van der Waals surface area contributed by atoms with Gasteiger partial charge < -0.3 is 14.5 Å². The first-order chi connectivity index (χ1) is 16.3. The topological polar surface area (TPSA) is 91.7 Å². The van der Waals surface area contributed by atoms with Crippen molar-refractivity contribution < 1.29 is 18.0 Å². The fourth-order valence-corrected chi connectivity index (χ4v) is 4.93. The van der Waals surface area contributed by atoms with E-state index >= 15 is 0 Å². The molecule has 0 bridgehead atoms. The summed E-state index contributed by atoms with van der Waals surface area (Å²) in [5.74, 6) is 0.514. The standard InChI is InChI=1S/C24H21Cl2N3O4S/c1-29-12-11-17(15-29)32-23-13-16(7-9-21(23)25)19-8-10-22(20(14-27)24(19)26)33-28-34(30,31)18-5-3-2-4-6-18/h2-10,13,17,28H,11-12,15H2,1H3/t17-/m0/s1. The zero-order valence-electron chi connectivity index (χ0n) is 18.2. The third-order valence-electron chi connectivity index (χ3n) is 5.41. The molecule has 0 unspecified atom stereocenters. The number of hydrogen-bond donors (Lipinski definition) is 1. The van der Waals surface area contributed by atoms with Gasteiger partial charge in [0.15, 0.2) is 5.75 Å². The van der Waals surface area contributed by atoms with Crippen LogP contribution in [0.2, 0.25) is 10.0 Å². The predicted octanol–water partition coefficient (Wildman–Crippen LogP) is 4.89. The van der Waals surface area contributed by atoms with Crippen molar-refractivity contribution in [2.24, 2.45) is 0 Å². The molecule has 0 aromatic heterocycles. The Labute approximate surface area is 208 Å². The van der Waals surface area contributed by atoms with Crippen LogP contribution in [0.15, 0.2) is 65.6 Å². The van der Waals surface area contributed by atoms with Crippen molar-refractivity contribution in [3.63, 3.8) is 0 Å². The Morgan fingerprint density at radius 1 is 1.09 bits per heavy atom. The highest BCUT2D eigenvalue weighted by molar-refractivity contribution is 7.89. The van der Waals surface area contributed by atoms with E-state index in [0.29, 0.717) is 21.9 Å². The maximum atomic E-state index is 12.4. The lowest BCUT2D eigenvalue weighted by atomic mass is 10.0. The van der Waals surface area contributed by atoms with Gasteiger partial charge in [-0.3, -0.25) is 0 Å². The van der Waals surface area contributed by atoms with Crippen molar-refractivity contribution in [3.8, 4) is 28.7 Å². The van der Waals surface area contributed by atoms with Gasteiger partial charge in [-0.25, -0.2) is 8.42 Å². The Morgan fingerprint density at radius 3 is 2.53 bits per heavy atom. The summed E-state index contributed by atoms with van der Waals surface area (Å²) in [6.07, 6.45) is 0.942. The quantitative estimate of drug-likeness (QED) is 0.448. The van der Waals surface area contributed by atoms with Crippen molar-refractivity contribution in [2.75, 3.05) is 20.1 Å². The predicted molar refractivity (Wildman–Crippen MR) is 131 cm³/mol. The number of likely N-dealkylation sites (N-methyl/N-ethyl adjacent to an activating group) is 1. The highest BCUT2D eigenvalue weighted by atomic mass is 35.5. The Morgan fingerprint density at radius 2 is 1.85 bits per heavy atom. The van der Waals surface area contributed by atoms with E-state index in [9.17, 15) is 13.7 Å². The Kier molecular flexibility index (Phi) is 7.31. The molecule has 176 valence electrons. The number of nitrogens with zero attached hydrogens (tertiary/aromatic N) is 2. The van der Waals surface area contributed by atoms with Gasteiger partial charge in [0, 0.05) is 18.7 Å². The lowest BCUT2D eigenvalue weighted by molar-refractivity contribution is 0.208. The van der Waals surface area contributed by atoms with Gasteiger partial charge in [0.25, 0.3) is 10.0 Å². The van der Waals surface area contributed by atoms with Crippen molar-refractivity contribution >= 4 is 33.2 Å². The van der Waals surface area contributed by atoms with E-state index in [0.717, 1.165) is 19.5 Å². The molecule has 1 N–H and O–H groups in total. The van der Waals surface area contributed by atoms with Crippen molar-refractivity contribution in [2.45, 2.75) is 17.4 Å². The minimum absolute atomic E-state index is 0.00948. The first-order valence-electron chi connectivity index (χ1n) is 10.4. The smallest absolute Gasteiger partial charge is 0.271 e. The van der Waals surface area contributed by atoms with Crippen LogP contribution in [-0.4, -0.2) is 39.6 Å². The fraction of sp³-hybridized carbons (Fsp3) is 0.208. The fourth-order valence-electron chi connectivity index (χ4n) is 3.65. The number of nitriles is 1. The number of hydrogen-bond acceptors (Lipinski definition) is 6. The molecule has 1 aliphatic heterocycles. The van der Waals surface area contributed by atoms with Crippen LogP contribution in [0.1, 0.15) is 12.0 Å². The van der Waals surface area contributed by atoms with Gasteiger partial charge in [-0.15, -0.1) is 0 Å². The minimum Gasteiger partial charge on any atom is -0.487 e. The number of nitrogens with one attached hydrogen (secondary N) is 1. The molecule has 1 heterocycles. The van der Waals surface area contributed by atoms with Crippen LogP contribution >= 0.6 is 23.2 Å².